The minimum atomic E-state index is 0.171. The lowest BCUT2D eigenvalue weighted by Gasteiger charge is -2.36. The third-order valence-electron chi connectivity index (χ3n) is 4.15. The molecule has 1 unspecified atom stereocenters. The van der Waals surface area contributed by atoms with Crippen molar-refractivity contribution in [2.75, 3.05) is 32.7 Å². The van der Waals surface area contributed by atoms with Gasteiger partial charge in [0.25, 0.3) is 0 Å². The summed E-state index contributed by atoms with van der Waals surface area (Å²) in [5, 5.41) is 3.57. The third kappa shape index (κ3) is 3.39. The third-order valence-corrected chi connectivity index (χ3v) is 4.15. The summed E-state index contributed by atoms with van der Waals surface area (Å²) in [6.45, 7) is 12.4. The van der Waals surface area contributed by atoms with Gasteiger partial charge in [-0.15, -0.1) is 0 Å². The standard InChI is InChI=1S/C14H26N4O/c1-5-15-13(16-12-10-14(12,3)4)18-8-6-17(7-9-18)11(2)19/h12H,5-10H2,1-4H3,(H,15,16). The second-order valence-corrected chi connectivity index (χ2v) is 6.18. The number of carbonyl (C=O) groups excluding carboxylic acids is 1. The van der Waals surface area contributed by atoms with Gasteiger partial charge in [0, 0.05) is 45.7 Å². The lowest BCUT2D eigenvalue weighted by molar-refractivity contribution is -0.130. The number of nitrogens with zero attached hydrogens (tertiary/aromatic N) is 3. The highest BCUT2D eigenvalue weighted by atomic mass is 16.2. The molecule has 1 aliphatic heterocycles. The fourth-order valence-electron chi connectivity index (χ4n) is 2.49. The van der Waals surface area contributed by atoms with Gasteiger partial charge in [-0.3, -0.25) is 9.79 Å². The molecular formula is C14H26N4O. The van der Waals surface area contributed by atoms with Gasteiger partial charge in [0.1, 0.15) is 0 Å². The van der Waals surface area contributed by atoms with E-state index >= 15 is 0 Å². The molecular weight excluding hydrogens is 240 g/mol. The van der Waals surface area contributed by atoms with E-state index in [4.69, 9.17) is 0 Å². The molecule has 0 aromatic rings. The van der Waals surface area contributed by atoms with Crippen LogP contribution in [0.5, 0.6) is 0 Å². The van der Waals surface area contributed by atoms with Crippen molar-refractivity contribution in [3.8, 4) is 0 Å². The number of piperazine rings is 1. The molecule has 5 heteroatoms. The molecule has 0 bridgehead atoms. The molecule has 0 aromatic carbocycles. The fraction of sp³-hybridized carbons (Fsp3) is 0.857. The predicted molar refractivity (Wildman–Crippen MR) is 77.1 cm³/mol. The molecule has 1 saturated heterocycles. The van der Waals surface area contributed by atoms with Crippen molar-refractivity contribution in [2.45, 2.75) is 40.2 Å². The van der Waals surface area contributed by atoms with Gasteiger partial charge in [-0.05, 0) is 18.8 Å². The zero-order valence-corrected chi connectivity index (χ0v) is 12.6. The van der Waals surface area contributed by atoms with Crippen LogP contribution in [0.25, 0.3) is 0 Å². The van der Waals surface area contributed by atoms with Crippen LogP contribution < -0.4 is 5.32 Å². The molecule has 1 amide bonds. The number of guanidine groups is 1. The summed E-state index contributed by atoms with van der Waals surface area (Å²) in [5.41, 5.74) is 0.399. The summed E-state index contributed by atoms with van der Waals surface area (Å²) >= 11 is 0. The fourth-order valence-corrected chi connectivity index (χ4v) is 2.49. The first-order chi connectivity index (χ1) is 8.94. The van der Waals surface area contributed by atoms with Gasteiger partial charge in [-0.25, -0.2) is 0 Å². The molecule has 2 aliphatic rings. The molecule has 1 aliphatic carbocycles. The maximum atomic E-state index is 11.3. The summed E-state index contributed by atoms with van der Waals surface area (Å²) in [5.74, 6) is 1.19. The molecule has 1 saturated carbocycles. The average molecular weight is 266 g/mol. The Morgan fingerprint density at radius 1 is 1.26 bits per heavy atom. The van der Waals surface area contributed by atoms with Crippen LogP contribution >= 0.6 is 0 Å². The maximum absolute atomic E-state index is 11.3. The van der Waals surface area contributed by atoms with Gasteiger partial charge in [0.15, 0.2) is 5.96 Å². The molecule has 2 rings (SSSR count). The molecule has 5 nitrogen and oxygen atoms in total. The molecule has 1 N–H and O–H groups in total. The van der Waals surface area contributed by atoms with Crippen LogP contribution in [0.15, 0.2) is 4.99 Å². The van der Waals surface area contributed by atoms with E-state index in [2.05, 4.69) is 36.0 Å². The van der Waals surface area contributed by atoms with Gasteiger partial charge in [0.2, 0.25) is 5.91 Å². The Morgan fingerprint density at radius 3 is 2.21 bits per heavy atom. The smallest absolute Gasteiger partial charge is 0.219 e. The van der Waals surface area contributed by atoms with Crippen molar-refractivity contribution in [3.63, 3.8) is 0 Å². The number of rotatable bonds is 2. The SMILES string of the molecule is CCN=C(NC1CC1(C)C)N1CCN(C(C)=O)CC1. The number of hydrogen-bond acceptors (Lipinski definition) is 2. The Kier molecular flexibility index (Phi) is 4.02. The van der Waals surface area contributed by atoms with E-state index in [0.717, 1.165) is 38.7 Å². The summed E-state index contributed by atoms with van der Waals surface area (Å²) in [6, 6.07) is 0.545. The van der Waals surface area contributed by atoms with Crippen LogP contribution in [0, 0.1) is 5.41 Å². The van der Waals surface area contributed by atoms with Gasteiger partial charge in [-0.2, -0.15) is 0 Å². The van der Waals surface area contributed by atoms with E-state index in [-0.39, 0.29) is 5.91 Å². The Bertz CT molecular complexity index is 370. The van der Waals surface area contributed by atoms with Crippen molar-refractivity contribution < 1.29 is 4.79 Å². The van der Waals surface area contributed by atoms with Gasteiger partial charge in [0.05, 0.1) is 0 Å². The topological polar surface area (TPSA) is 47.9 Å². The number of carbonyl (C=O) groups is 1. The zero-order valence-electron chi connectivity index (χ0n) is 12.6. The minimum Gasteiger partial charge on any atom is -0.353 e. The van der Waals surface area contributed by atoms with Gasteiger partial charge in [-0.1, -0.05) is 13.8 Å². The monoisotopic (exact) mass is 266 g/mol. The van der Waals surface area contributed by atoms with E-state index < -0.39 is 0 Å². The minimum absolute atomic E-state index is 0.171. The van der Waals surface area contributed by atoms with Crippen LogP contribution in [0.3, 0.4) is 0 Å². The Balaban J connectivity index is 1.90. The lowest BCUT2D eigenvalue weighted by Crippen LogP contribution is -2.54. The Labute approximate surface area is 116 Å². The van der Waals surface area contributed by atoms with Crippen molar-refractivity contribution >= 4 is 11.9 Å². The van der Waals surface area contributed by atoms with E-state index in [1.54, 1.807) is 6.92 Å². The molecule has 0 aromatic heterocycles. The number of nitrogens with one attached hydrogen (secondary N) is 1. The molecule has 1 heterocycles. The van der Waals surface area contributed by atoms with Crippen molar-refractivity contribution in [1.29, 1.82) is 0 Å². The summed E-state index contributed by atoms with van der Waals surface area (Å²) in [6.07, 6.45) is 1.21. The predicted octanol–water partition coefficient (Wildman–Crippen LogP) is 0.915. The molecule has 108 valence electrons. The normalized spacial score (nSPS) is 26.3. The van der Waals surface area contributed by atoms with E-state index in [0.29, 0.717) is 11.5 Å². The molecule has 0 spiro atoms. The number of aliphatic imine (C=N–C) groups is 1. The van der Waals surface area contributed by atoms with E-state index in [1.165, 1.54) is 6.42 Å². The first kappa shape index (κ1) is 14.2. The number of hydrogen-bond donors (Lipinski definition) is 1. The number of amides is 1. The summed E-state index contributed by atoms with van der Waals surface area (Å²) in [4.78, 5) is 20.1. The van der Waals surface area contributed by atoms with Gasteiger partial charge >= 0.3 is 0 Å². The van der Waals surface area contributed by atoms with Crippen LogP contribution in [-0.4, -0.2) is 60.4 Å². The Hall–Kier alpha value is -1.26. The summed E-state index contributed by atoms with van der Waals surface area (Å²) in [7, 11) is 0. The van der Waals surface area contributed by atoms with Crippen molar-refractivity contribution in [3.05, 3.63) is 0 Å². The highest BCUT2D eigenvalue weighted by Crippen LogP contribution is 2.44. The first-order valence-corrected chi connectivity index (χ1v) is 7.25. The van der Waals surface area contributed by atoms with E-state index in [9.17, 15) is 4.79 Å². The van der Waals surface area contributed by atoms with Gasteiger partial charge < -0.3 is 15.1 Å². The molecule has 19 heavy (non-hydrogen) atoms. The quantitative estimate of drug-likeness (QED) is 0.597. The molecule has 1 atom stereocenters. The van der Waals surface area contributed by atoms with Crippen molar-refractivity contribution in [1.82, 2.24) is 15.1 Å². The largest absolute Gasteiger partial charge is 0.353 e. The van der Waals surface area contributed by atoms with E-state index in [1.807, 2.05) is 4.90 Å². The zero-order chi connectivity index (χ0) is 14.0. The Morgan fingerprint density at radius 2 is 1.79 bits per heavy atom. The maximum Gasteiger partial charge on any atom is 0.219 e. The van der Waals surface area contributed by atoms with Crippen LogP contribution in [0.1, 0.15) is 34.1 Å². The average Bonchev–Trinajstić information content (AvgIpc) is 2.96. The lowest BCUT2D eigenvalue weighted by atomic mass is 10.2. The first-order valence-electron chi connectivity index (χ1n) is 7.25. The van der Waals surface area contributed by atoms with Crippen LogP contribution in [0.4, 0.5) is 0 Å². The highest BCUT2D eigenvalue weighted by molar-refractivity contribution is 5.81. The van der Waals surface area contributed by atoms with Crippen molar-refractivity contribution in [2.24, 2.45) is 10.4 Å². The molecule has 0 radical (unpaired) electrons. The highest BCUT2D eigenvalue weighted by Gasteiger charge is 2.46. The second kappa shape index (κ2) is 5.39. The second-order valence-electron chi connectivity index (χ2n) is 6.18. The van der Waals surface area contributed by atoms with Crippen LogP contribution in [-0.2, 0) is 4.79 Å². The van der Waals surface area contributed by atoms with Crippen LogP contribution in [0.2, 0.25) is 0 Å². The summed E-state index contributed by atoms with van der Waals surface area (Å²) < 4.78 is 0. The molecule has 2 fully saturated rings.